The van der Waals surface area contributed by atoms with Crippen LogP contribution in [0.1, 0.15) is 11.3 Å². The first-order chi connectivity index (χ1) is 14.6. The van der Waals surface area contributed by atoms with Crippen LogP contribution in [0, 0.1) is 0 Å². The predicted octanol–water partition coefficient (Wildman–Crippen LogP) is 3.54. The van der Waals surface area contributed by atoms with E-state index in [1.807, 2.05) is 73.8 Å². The van der Waals surface area contributed by atoms with Crippen LogP contribution in [0.15, 0.2) is 72.9 Å². The molecule has 3 aromatic rings. The monoisotopic (exact) mass is 408 g/mol. The molecule has 1 N–H and O–H groups in total. The molecule has 0 saturated heterocycles. The number of methoxy groups -OCH3 is 1. The van der Waals surface area contributed by atoms with E-state index in [0.29, 0.717) is 18.9 Å². The minimum absolute atomic E-state index is 0.233. The molecule has 1 unspecified atom stereocenters. The minimum Gasteiger partial charge on any atom is -0.497 e. The van der Waals surface area contributed by atoms with Crippen molar-refractivity contribution in [2.45, 2.75) is 19.3 Å². The second kappa shape index (κ2) is 11.2. The fraction of sp³-hybridized carbons (Fsp3) is 0.292. The molecule has 0 aliphatic carbocycles. The second-order valence-corrected chi connectivity index (χ2v) is 7.09. The fourth-order valence-corrected chi connectivity index (χ4v) is 2.98. The van der Waals surface area contributed by atoms with E-state index in [-0.39, 0.29) is 6.61 Å². The molecule has 0 saturated carbocycles. The maximum atomic E-state index is 10.3. The molecule has 1 atom stereocenters. The number of hydrogen-bond donors (Lipinski definition) is 1. The number of benzene rings is 2. The first kappa shape index (κ1) is 21.6. The summed E-state index contributed by atoms with van der Waals surface area (Å²) in [5.74, 6) is 2.29. The van der Waals surface area contributed by atoms with Crippen LogP contribution in [0.3, 0.4) is 0 Å². The molecule has 0 spiro atoms. The van der Waals surface area contributed by atoms with E-state index in [9.17, 15) is 5.11 Å². The average molecular weight is 408 g/mol. The van der Waals surface area contributed by atoms with Gasteiger partial charge < -0.3 is 19.3 Å². The Labute approximate surface area is 177 Å². The summed E-state index contributed by atoms with van der Waals surface area (Å²) in [7, 11) is 3.60. The predicted molar refractivity (Wildman–Crippen MR) is 116 cm³/mol. The van der Waals surface area contributed by atoms with E-state index < -0.39 is 6.10 Å². The van der Waals surface area contributed by atoms with Gasteiger partial charge in [-0.1, -0.05) is 18.2 Å². The molecule has 158 valence electrons. The Hall–Kier alpha value is -3.09. The minimum atomic E-state index is -0.585. The van der Waals surface area contributed by atoms with E-state index >= 15 is 0 Å². The summed E-state index contributed by atoms with van der Waals surface area (Å²) in [6.07, 6.45) is 1.17. The molecule has 3 rings (SSSR count). The molecule has 6 nitrogen and oxygen atoms in total. The summed E-state index contributed by atoms with van der Waals surface area (Å²) in [5, 5.41) is 10.3. The van der Waals surface area contributed by atoms with Crippen LogP contribution in [-0.2, 0) is 13.2 Å². The Bertz CT molecular complexity index is 870. The number of pyridine rings is 1. The standard InChI is InChI=1S/C24H28N2O4/c1-26(16-21(27)18-30-24-12-10-22(28-2)11-13-24)15-19-6-8-23(9-7-19)29-17-20-5-3-4-14-25-20/h3-14,21,27H,15-18H2,1-2H3. The van der Waals surface area contributed by atoms with Crippen molar-refractivity contribution in [1.29, 1.82) is 0 Å². The van der Waals surface area contributed by atoms with E-state index in [4.69, 9.17) is 14.2 Å². The van der Waals surface area contributed by atoms with Gasteiger partial charge in [-0.2, -0.15) is 0 Å². The molecule has 2 aromatic carbocycles. The van der Waals surface area contributed by atoms with Crippen LogP contribution in [0.5, 0.6) is 17.2 Å². The summed E-state index contributed by atoms with van der Waals surface area (Å²) in [6.45, 7) is 1.91. The fourth-order valence-electron chi connectivity index (χ4n) is 2.98. The Kier molecular flexibility index (Phi) is 8.06. The molecule has 0 aliphatic heterocycles. The van der Waals surface area contributed by atoms with Crippen molar-refractivity contribution in [3.8, 4) is 17.2 Å². The Morgan fingerprint density at radius 1 is 0.900 bits per heavy atom. The summed E-state index contributed by atoms with van der Waals surface area (Å²) in [5.41, 5.74) is 2.04. The molecule has 0 radical (unpaired) electrons. The molecular formula is C24H28N2O4. The molecule has 1 aromatic heterocycles. The third kappa shape index (κ3) is 7.06. The van der Waals surface area contributed by atoms with Gasteiger partial charge >= 0.3 is 0 Å². The zero-order valence-corrected chi connectivity index (χ0v) is 17.4. The molecular weight excluding hydrogens is 380 g/mol. The van der Waals surface area contributed by atoms with Gasteiger partial charge in [0.2, 0.25) is 0 Å². The van der Waals surface area contributed by atoms with E-state index in [0.717, 1.165) is 29.3 Å². The number of ether oxygens (including phenoxy) is 3. The van der Waals surface area contributed by atoms with Crippen LogP contribution >= 0.6 is 0 Å². The largest absolute Gasteiger partial charge is 0.497 e. The second-order valence-electron chi connectivity index (χ2n) is 7.09. The van der Waals surface area contributed by atoms with E-state index in [2.05, 4.69) is 9.88 Å². The van der Waals surface area contributed by atoms with Crippen molar-refractivity contribution in [1.82, 2.24) is 9.88 Å². The lowest BCUT2D eigenvalue weighted by atomic mass is 10.2. The third-order valence-corrected chi connectivity index (χ3v) is 4.51. The summed E-state index contributed by atoms with van der Waals surface area (Å²) >= 11 is 0. The lowest BCUT2D eigenvalue weighted by molar-refractivity contribution is 0.0743. The maximum Gasteiger partial charge on any atom is 0.130 e. The number of hydrogen-bond acceptors (Lipinski definition) is 6. The number of aliphatic hydroxyl groups is 1. The molecule has 6 heteroatoms. The quantitative estimate of drug-likeness (QED) is 0.524. The Morgan fingerprint density at radius 3 is 2.23 bits per heavy atom. The van der Waals surface area contributed by atoms with Gasteiger partial charge in [-0.05, 0) is 61.1 Å². The zero-order valence-electron chi connectivity index (χ0n) is 17.4. The summed E-state index contributed by atoms with van der Waals surface area (Å²) in [4.78, 5) is 6.31. The van der Waals surface area contributed by atoms with Crippen LogP contribution in [0.2, 0.25) is 0 Å². The first-order valence-electron chi connectivity index (χ1n) is 9.87. The van der Waals surface area contributed by atoms with Crippen LogP contribution in [0.4, 0.5) is 0 Å². The van der Waals surface area contributed by atoms with Gasteiger partial charge in [0.25, 0.3) is 0 Å². The van der Waals surface area contributed by atoms with Crippen molar-refractivity contribution in [3.63, 3.8) is 0 Å². The van der Waals surface area contributed by atoms with Crippen LogP contribution in [0.25, 0.3) is 0 Å². The molecule has 30 heavy (non-hydrogen) atoms. The maximum absolute atomic E-state index is 10.3. The van der Waals surface area contributed by atoms with Gasteiger partial charge in [0.1, 0.15) is 36.6 Å². The highest BCUT2D eigenvalue weighted by atomic mass is 16.5. The number of aliphatic hydroxyl groups excluding tert-OH is 1. The third-order valence-electron chi connectivity index (χ3n) is 4.51. The van der Waals surface area contributed by atoms with Crippen LogP contribution < -0.4 is 14.2 Å². The van der Waals surface area contributed by atoms with Crippen molar-refractivity contribution >= 4 is 0 Å². The zero-order chi connectivity index (χ0) is 21.2. The summed E-state index contributed by atoms with van der Waals surface area (Å²) in [6, 6.07) is 21.1. The van der Waals surface area contributed by atoms with E-state index in [1.165, 1.54) is 0 Å². The lowest BCUT2D eigenvalue weighted by Crippen LogP contribution is -2.32. The smallest absolute Gasteiger partial charge is 0.130 e. The average Bonchev–Trinajstić information content (AvgIpc) is 2.78. The highest BCUT2D eigenvalue weighted by molar-refractivity contribution is 5.31. The number of aromatic nitrogens is 1. The van der Waals surface area contributed by atoms with Crippen molar-refractivity contribution in [2.75, 3.05) is 27.3 Å². The SMILES string of the molecule is COc1ccc(OCC(O)CN(C)Cc2ccc(OCc3ccccn3)cc2)cc1. The number of rotatable bonds is 11. The van der Waals surface area contributed by atoms with Crippen molar-refractivity contribution in [2.24, 2.45) is 0 Å². The van der Waals surface area contributed by atoms with Gasteiger partial charge in [0, 0.05) is 19.3 Å². The van der Waals surface area contributed by atoms with Gasteiger partial charge in [0.05, 0.1) is 12.8 Å². The molecule has 1 heterocycles. The summed E-state index contributed by atoms with van der Waals surface area (Å²) < 4.78 is 16.5. The molecule has 0 bridgehead atoms. The highest BCUT2D eigenvalue weighted by Gasteiger charge is 2.10. The normalized spacial score (nSPS) is 11.9. The lowest BCUT2D eigenvalue weighted by Gasteiger charge is -2.21. The highest BCUT2D eigenvalue weighted by Crippen LogP contribution is 2.17. The van der Waals surface area contributed by atoms with Crippen molar-refractivity contribution in [3.05, 3.63) is 84.2 Å². The molecule has 0 aliphatic rings. The Morgan fingerprint density at radius 2 is 1.57 bits per heavy atom. The number of likely N-dealkylation sites (N-methyl/N-ethyl adjacent to an activating group) is 1. The van der Waals surface area contributed by atoms with Crippen molar-refractivity contribution < 1.29 is 19.3 Å². The Balaban J connectivity index is 1.39. The van der Waals surface area contributed by atoms with Gasteiger partial charge in [0.15, 0.2) is 0 Å². The molecule has 0 fully saturated rings. The van der Waals surface area contributed by atoms with Gasteiger partial charge in [-0.25, -0.2) is 0 Å². The van der Waals surface area contributed by atoms with Crippen LogP contribution in [-0.4, -0.2) is 48.4 Å². The van der Waals surface area contributed by atoms with E-state index in [1.54, 1.807) is 13.3 Å². The molecule has 0 amide bonds. The number of nitrogens with zero attached hydrogens (tertiary/aromatic N) is 2. The first-order valence-corrected chi connectivity index (χ1v) is 9.87. The topological polar surface area (TPSA) is 64.0 Å². The van der Waals surface area contributed by atoms with Gasteiger partial charge in [-0.15, -0.1) is 0 Å². The van der Waals surface area contributed by atoms with Gasteiger partial charge in [-0.3, -0.25) is 9.88 Å².